The van der Waals surface area contributed by atoms with E-state index in [1.807, 2.05) is 12.1 Å². The van der Waals surface area contributed by atoms with E-state index in [0.717, 1.165) is 18.4 Å². The fourth-order valence-electron chi connectivity index (χ4n) is 4.18. The van der Waals surface area contributed by atoms with Gasteiger partial charge in [-0.2, -0.15) is 5.10 Å². The van der Waals surface area contributed by atoms with Crippen LogP contribution in [-0.4, -0.2) is 30.6 Å². The minimum atomic E-state index is -1.03. The fourth-order valence-corrected chi connectivity index (χ4v) is 4.30. The van der Waals surface area contributed by atoms with Crippen molar-refractivity contribution in [3.63, 3.8) is 0 Å². The number of hydrogen-bond donors (Lipinski definition) is 2. The van der Waals surface area contributed by atoms with Gasteiger partial charge < -0.3 is 10.2 Å². The predicted molar refractivity (Wildman–Crippen MR) is 92.4 cm³/mol. The smallest absolute Gasteiger partial charge is 0.137 e. The highest BCUT2D eigenvalue weighted by Crippen LogP contribution is 2.50. The van der Waals surface area contributed by atoms with Crippen molar-refractivity contribution >= 4 is 11.6 Å². The SMILES string of the molecule is CC(C)[C@H]1CC[C@@H]([C@H](O)c2ccc(Cl)cc2)[C@]1(O)Cn1cncn1. The van der Waals surface area contributed by atoms with Crippen molar-refractivity contribution in [2.75, 3.05) is 0 Å². The molecular formula is C18H24ClN3O2. The number of aromatic nitrogens is 3. The van der Waals surface area contributed by atoms with E-state index < -0.39 is 11.7 Å². The van der Waals surface area contributed by atoms with Crippen molar-refractivity contribution in [1.29, 1.82) is 0 Å². The zero-order chi connectivity index (χ0) is 17.3. The molecule has 0 radical (unpaired) electrons. The second-order valence-electron chi connectivity index (χ2n) is 7.12. The van der Waals surface area contributed by atoms with Crippen molar-refractivity contribution in [3.8, 4) is 0 Å². The molecule has 0 bridgehead atoms. The molecule has 2 aromatic rings. The van der Waals surface area contributed by atoms with E-state index in [2.05, 4.69) is 23.9 Å². The van der Waals surface area contributed by atoms with Gasteiger partial charge in [-0.15, -0.1) is 0 Å². The Morgan fingerprint density at radius 1 is 1.25 bits per heavy atom. The Labute approximate surface area is 147 Å². The van der Waals surface area contributed by atoms with Gasteiger partial charge in [-0.1, -0.05) is 37.6 Å². The van der Waals surface area contributed by atoms with Crippen LogP contribution in [0.4, 0.5) is 0 Å². The van der Waals surface area contributed by atoms with Gasteiger partial charge in [-0.25, -0.2) is 4.98 Å². The van der Waals surface area contributed by atoms with E-state index in [1.54, 1.807) is 23.1 Å². The summed E-state index contributed by atoms with van der Waals surface area (Å²) < 4.78 is 1.66. The van der Waals surface area contributed by atoms with Crippen LogP contribution in [-0.2, 0) is 6.54 Å². The van der Waals surface area contributed by atoms with Crippen molar-refractivity contribution < 1.29 is 10.2 Å². The van der Waals surface area contributed by atoms with E-state index >= 15 is 0 Å². The van der Waals surface area contributed by atoms with Gasteiger partial charge in [0.1, 0.15) is 12.7 Å². The summed E-state index contributed by atoms with van der Waals surface area (Å²) in [5.41, 5.74) is -0.244. The quantitative estimate of drug-likeness (QED) is 0.870. The van der Waals surface area contributed by atoms with Crippen LogP contribution in [0.1, 0.15) is 38.4 Å². The molecule has 0 spiro atoms. The molecule has 1 fully saturated rings. The molecule has 4 atom stereocenters. The lowest BCUT2D eigenvalue weighted by atomic mass is 9.75. The number of hydrogen-bond acceptors (Lipinski definition) is 4. The van der Waals surface area contributed by atoms with Crippen LogP contribution < -0.4 is 0 Å². The van der Waals surface area contributed by atoms with E-state index in [9.17, 15) is 10.2 Å². The van der Waals surface area contributed by atoms with Crippen molar-refractivity contribution in [2.45, 2.75) is 44.9 Å². The summed E-state index contributed by atoms with van der Waals surface area (Å²) in [6.07, 6.45) is 4.00. The molecular weight excluding hydrogens is 326 g/mol. The lowest BCUT2D eigenvalue weighted by molar-refractivity contribution is -0.102. The maximum absolute atomic E-state index is 11.6. The Balaban J connectivity index is 1.91. The molecule has 130 valence electrons. The molecule has 1 aromatic carbocycles. The monoisotopic (exact) mass is 349 g/mol. The first-order valence-electron chi connectivity index (χ1n) is 8.40. The zero-order valence-corrected chi connectivity index (χ0v) is 14.8. The lowest BCUT2D eigenvalue weighted by Crippen LogP contribution is -2.47. The van der Waals surface area contributed by atoms with Crippen LogP contribution in [0.15, 0.2) is 36.9 Å². The molecule has 6 heteroatoms. The summed E-state index contributed by atoms with van der Waals surface area (Å²) >= 11 is 5.94. The Morgan fingerprint density at radius 2 is 1.92 bits per heavy atom. The molecule has 1 heterocycles. The summed E-state index contributed by atoms with van der Waals surface area (Å²) in [5, 5.41) is 27.3. The van der Waals surface area contributed by atoms with E-state index in [-0.39, 0.29) is 11.8 Å². The summed E-state index contributed by atoms with van der Waals surface area (Å²) in [5.74, 6) is 0.171. The highest BCUT2D eigenvalue weighted by atomic mass is 35.5. The van der Waals surface area contributed by atoms with Crippen LogP contribution in [0.5, 0.6) is 0 Å². The zero-order valence-electron chi connectivity index (χ0n) is 14.0. The number of nitrogens with zero attached hydrogens (tertiary/aromatic N) is 3. The van der Waals surface area contributed by atoms with E-state index in [1.165, 1.54) is 6.33 Å². The highest BCUT2D eigenvalue weighted by molar-refractivity contribution is 6.30. The number of aliphatic hydroxyl groups is 2. The number of benzene rings is 1. The van der Waals surface area contributed by atoms with Crippen molar-refractivity contribution in [1.82, 2.24) is 14.8 Å². The molecule has 3 rings (SSSR count). The van der Waals surface area contributed by atoms with Crippen LogP contribution >= 0.6 is 11.6 Å². The molecule has 24 heavy (non-hydrogen) atoms. The van der Waals surface area contributed by atoms with Crippen LogP contribution in [0.25, 0.3) is 0 Å². The predicted octanol–water partition coefficient (Wildman–Crippen LogP) is 3.08. The molecule has 2 N–H and O–H groups in total. The number of rotatable bonds is 5. The van der Waals surface area contributed by atoms with Gasteiger partial charge in [0.05, 0.1) is 18.2 Å². The molecule has 0 saturated heterocycles. The normalized spacial score (nSPS) is 28.4. The third-order valence-corrected chi connectivity index (χ3v) is 5.60. The number of aliphatic hydroxyl groups excluding tert-OH is 1. The molecule has 0 unspecified atom stereocenters. The Morgan fingerprint density at radius 3 is 2.50 bits per heavy atom. The maximum Gasteiger partial charge on any atom is 0.137 e. The molecule has 5 nitrogen and oxygen atoms in total. The van der Waals surface area contributed by atoms with Gasteiger partial charge in [-0.05, 0) is 42.4 Å². The second kappa shape index (κ2) is 6.82. The average molecular weight is 350 g/mol. The second-order valence-corrected chi connectivity index (χ2v) is 7.55. The molecule has 1 saturated carbocycles. The summed E-state index contributed by atoms with van der Waals surface area (Å²) in [7, 11) is 0. The van der Waals surface area contributed by atoms with Gasteiger partial charge in [0.15, 0.2) is 0 Å². The molecule has 1 aromatic heterocycles. The van der Waals surface area contributed by atoms with Crippen molar-refractivity contribution in [2.24, 2.45) is 17.8 Å². The molecule has 0 aliphatic heterocycles. The van der Waals surface area contributed by atoms with Crippen LogP contribution in [0, 0.1) is 17.8 Å². The summed E-state index contributed by atoms with van der Waals surface area (Å²) in [4.78, 5) is 3.97. The van der Waals surface area contributed by atoms with E-state index in [4.69, 9.17) is 11.6 Å². The first-order valence-corrected chi connectivity index (χ1v) is 8.78. The minimum absolute atomic E-state index is 0.105. The largest absolute Gasteiger partial charge is 0.388 e. The Hall–Kier alpha value is -1.43. The van der Waals surface area contributed by atoms with Gasteiger partial charge in [0, 0.05) is 10.9 Å². The third kappa shape index (κ3) is 3.21. The van der Waals surface area contributed by atoms with E-state index in [0.29, 0.717) is 17.5 Å². The minimum Gasteiger partial charge on any atom is -0.388 e. The van der Waals surface area contributed by atoms with Gasteiger partial charge in [-0.3, -0.25) is 4.68 Å². The Kier molecular flexibility index (Phi) is 4.95. The Bertz CT molecular complexity index is 659. The number of halogens is 1. The fraction of sp³-hybridized carbons (Fsp3) is 0.556. The average Bonchev–Trinajstić information content (AvgIpc) is 3.15. The molecule has 0 amide bonds. The summed E-state index contributed by atoms with van der Waals surface area (Å²) in [6.45, 7) is 4.58. The van der Waals surface area contributed by atoms with Crippen LogP contribution in [0.3, 0.4) is 0 Å². The van der Waals surface area contributed by atoms with Gasteiger partial charge in [0.2, 0.25) is 0 Å². The first kappa shape index (κ1) is 17.4. The highest BCUT2D eigenvalue weighted by Gasteiger charge is 2.53. The van der Waals surface area contributed by atoms with Gasteiger partial charge in [0.25, 0.3) is 0 Å². The molecule has 1 aliphatic carbocycles. The lowest BCUT2D eigenvalue weighted by Gasteiger charge is -2.39. The topological polar surface area (TPSA) is 71.2 Å². The first-order chi connectivity index (χ1) is 11.4. The molecule has 1 aliphatic rings. The standard InChI is InChI=1S/C18H24ClN3O2/c1-12(2)15-7-8-16(17(23)13-3-5-14(19)6-4-13)18(15,24)9-22-11-20-10-21-22/h3-6,10-12,15-17,23-24H,7-9H2,1-2H3/t15-,16+,17-,18+/m1/s1. The maximum atomic E-state index is 11.6. The van der Waals surface area contributed by atoms with Crippen molar-refractivity contribution in [3.05, 3.63) is 47.5 Å². The van der Waals surface area contributed by atoms with Crippen LogP contribution in [0.2, 0.25) is 5.02 Å². The summed E-state index contributed by atoms with van der Waals surface area (Å²) in [6, 6.07) is 7.19. The van der Waals surface area contributed by atoms with Gasteiger partial charge >= 0.3 is 0 Å². The third-order valence-electron chi connectivity index (χ3n) is 5.35.